The highest BCUT2D eigenvalue weighted by atomic mass is 32.1. The van der Waals surface area contributed by atoms with Crippen molar-refractivity contribution in [2.24, 2.45) is 23.2 Å². The first-order valence-electron chi connectivity index (χ1n) is 11.0. The topological polar surface area (TPSA) is 42.4 Å². The van der Waals surface area contributed by atoms with Gasteiger partial charge < -0.3 is 4.74 Å². The molecule has 4 nitrogen and oxygen atoms in total. The van der Waals surface area contributed by atoms with Crippen molar-refractivity contribution >= 4 is 32.6 Å². The van der Waals surface area contributed by atoms with Crippen LogP contribution in [-0.4, -0.2) is 30.1 Å². The molecule has 1 aromatic heterocycles. The predicted octanol–water partition coefficient (Wildman–Crippen LogP) is 5.02. The minimum atomic E-state index is -0.134. The fourth-order valence-corrected chi connectivity index (χ4v) is 7.85. The second-order valence-corrected chi connectivity index (χ2v) is 10.7. The van der Waals surface area contributed by atoms with Crippen molar-refractivity contribution in [3.63, 3.8) is 0 Å². The smallest absolute Gasteiger partial charge is 0.235 e. The van der Waals surface area contributed by atoms with E-state index in [4.69, 9.17) is 9.72 Å². The Kier molecular flexibility index (Phi) is 4.06. The third-order valence-corrected chi connectivity index (χ3v) is 8.72. The molecule has 1 amide bonds. The lowest BCUT2D eigenvalue weighted by Crippen LogP contribution is -2.55. The first kappa shape index (κ1) is 17.4. The zero-order valence-electron chi connectivity index (χ0n) is 16.3. The van der Waals surface area contributed by atoms with Crippen LogP contribution in [0.5, 0.6) is 0 Å². The molecular weight excluding hydrogens is 368 g/mol. The number of carbonyl (C=O) groups is 1. The number of anilines is 1. The Bertz CT molecular complexity index is 833. The Hall–Kier alpha value is -1.46. The molecule has 2 aromatic rings. The molecule has 2 heterocycles. The van der Waals surface area contributed by atoms with Gasteiger partial charge >= 0.3 is 0 Å². The van der Waals surface area contributed by atoms with Crippen LogP contribution in [0.4, 0.5) is 5.13 Å². The molecule has 0 N–H and O–H groups in total. The largest absolute Gasteiger partial charge is 0.376 e. The van der Waals surface area contributed by atoms with Gasteiger partial charge in [-0.1, -0.05) is 23.5 Å². The van der Waals surface area contributed by atoms with E-state index in [2.05, 4.69) is 18.2 Å². The summed E-state index contributed by atoms with van der Waals surface area (Å²) in [6, 6.07) is 8.23. The number of fused-ring (bicyclic) bond motifs is 1. The molecule has 148 valence electrons. The third-order valence-electron chi connectivity index (χ3n) is 7.66. The summed E-state index contributed by atoms with van der Waals surface area (Å²) in [6.45, 7) is 1.49. The minimum Gasteiger partial charge on any atom is -0.376 e. The number of hydrogen-bond donors (Lipinski definition) is 0. The van der Waals surface area contributed by atoms with Gasteiger partial charge in [0.25, 0.3) is 0 Å². The van der Waals surface area contributed by atoms with Crippen LogP contribution in [-0.2, 0) is 9.53 Å². The number of nitrogens with zero attached hydrogens (tertiary/aromatic N) is 2. The van der Waals surface area contributed by atoms with Gasteiger partial charge in [-0.05, 0) is 81.3 Å². The van der Waals surface area contributed by atoms with Gasteiger partial charge in [0.1, 0.15) is 0 Å². The molecule has 1 unspecified atom stereocenters. The van der Waals surface area contributed by atoms with Gasteiger partial charge in [-0.15, -0.1) is 0 Å². The van der Waals surface area contributed by atoms with E-state index in [-0.39, 0.29) is 11.5 Å². The lowest BCUT2D eigenvalue weighted by Gasteiger charge is -2.56. The van der Waals surface area contributed by atoms with Crippen LogP contribution in [0.1, 0.15) is 51.4 Å². The average molecular weight is 397 g/mol. The summed E-state index contributed by atoms with van der Waals surface area (Å²) in [5, 5.41) is 0.873. The second-order valence-electron chi connectivity index (χ2n) is 9.71. The van der Waals surface area contributed by atoms with Gasteiger partial charge in [-0.25, -0.2) is 4.98 Å². The Labute approximate surface area is 170 Å². The summed E-state index contributed by atoms with van der Waals surface area (Å²) >= 11 is 1.66. The van der Waals surface area contributed by atoms with E-state index >= 15 is 0 Å². The summed E-state index contributed by atoms with van der Waals surface area (Å²) in [5.74, 6) is 2.67. The number of ether oxygens (including phenoxy) is 1. The van der Waals surface area contributed by atoms with Crippen LogP contribution >= 0.6 is 11.3 Å². The van der Waals surface area contributed by atoms with Crippen LogP contribution in [0.2, 0.25) is 0 Å². The molecule has 4 bridgehead atoms. The van der Waals surface area contributed by atoms with Crippen molar-refractivity contribution in [1.29, 1.82) is 0 Å². The van der Waals surface area contributed by atoms with Crippen molar-refractivity contribution in [2.75, 3.05) is 18.1 Å². The zero-order valence-corrected chi connectivity index (χ0v) is 17.1. The molecule has 4 saturated carbocycles. The minimum absolute atomic E-state index is 0.134. The van der Waals surface area contributed by atoms with E-state index in [1.807, 2.05) is 11.0 Å². The van der Waals surface area contributed by atoms with E-state index in [9.17, 15) is 4.79 Å². The molecule has 0 spiro atoms. The lowest BCUT2D eigenvalue weighted by atomic mass is 9.49. The molecule has 1 atom stereocenters. The predicted molar refractivity (Wildman–Crippen MR) is 112 cm³/mol. The number of thiazole rings is 1. The Morgan fingerprint density at radius 1 is 1.14 bits per heavy atom. The maximum atomic E-state index is 14.1. The van der Waals surface area contributed by atoms with Gasteiger partial charge in [0.15, 0.2) is 5.13 Å². The summed E-state index contributed by atoms with van der Waals surface area (Å²) in [6.07, 6.45) is 9.70. The van der Waals surface area contributed by atoms with Crippen LogP contribution < -0.4 is 4.90 Å². The first-order chi connectivity index (χ1) is 13.7. The Morgan fingerprint density at radius 3 is 2.50 bits per heavy atom. The number of para-hydroxylation sites is 1. The summed E-state index contributed by atoms with van der Waals surface area (Å²) in [4.78, 5) is 21.0. The van der Waals surface area contributed by atoms with E-state index in [0.717, 1.165) is 71.8 Å². The van der Waals surface area contributed by atoms with Gasteiger partial charge in [-0.3, -0.25) is 9.69 Å². The molecule has 1 aromatic carbocycles. The SMILES string of the molecule is O=C(N(CC1CCCO1)c1nc2ccccc2s1)C12CC3CC(CC(C3)C1)C2. The van der Waals surface area contributed by atoms with Crippen LogP contribution in [0.15, 0.2) is 24.3 Å². The molecule has 5 heteroatoms. The Morgan fingerprint density at radius 2 is 1.86 bits per heavy atom. The molecule has 5 fully saturated rings. The monoisotopic (exact) mass is 396 g/mol. The van der Waals surface area contributed by atoms with Crippen molar-refractivity contribution in [3.8, 4) is 0 Å². The summed E-state index contributed by atoms with van der Waals surface area (Å²) < 4.78 is 7.09. The zero-order chi connectivity index (χ0) is 18.7. The fraction of sp³-hybridized carbons (Fsp3) is 0.652. The van der Waals surface area contributed by atoms with Gasteiger partial charge in [0.05, 0.1) is 28.3 Å². The maximum absolute atomic E-state index is 14.1. The molecule has 0 radical (unpaired) electrons. The van der Waals surface area contributed by atoms with Crippen molar-refractivity contribution < 1.29 is 9.53 Å². The molecule has 5 aliphatic rings. The van der Waals surface area contributed by atoms with E-state index in [0.29, 0.717) is 12.5 Å². The highest BCUT2D eigenvalue weighted by Crippen LogP contribution is 2.60. The molecule has 28 heavy (non-hydrogen) atoms. The maximum Gasteiger partial charge on any atom is 0.235 e. The molecule has 4 aliphatic carbocycles. The number of benzene rings is 1. The molecule has 1 saturated heterocycles. The number of rotatable bonds is 4. The number of aromatic nitrogens is 1. The van der Waals surface area contributed by atoms with E-state index in [1.54, 1.807) is 11.3 Å². The summed E-state index contributed by atoms with van der Waals surface area (Å²) in [7, 11) is 0. The van der Waals surface area contributed by atoms with Crippen molar-refractivity contribution in [1.82, 2.24) is 4.98 Å². The van der Waals surface area contributed by atoms with E-state index in [1.165, 1.54) is 19.3 Å². The molecule has 7 rings (SSSR count). The number of hydrogen-bond acceptors (Lipinski definition) is 4. The van der Waals surface area contributed by atoms with Crippen LogP contribution in [0.3, 0.4) is 0 Å². The van der Waals surface area contributed by atoms with Crippen LogP contribution in [0.25, 0.3) is 10.2 Å². The third kappa shape index (κ3) is 2.81. The normalized spacial score (nSPS) is 36.3. The number of carbonyl (C=O) groups excluding carboxylic acids is 1. The molecule has 1 aliphatic heterocycles. The van der Waals surface area contributed by atoms with E-state index < -0.39 is 0 Å². The van der Waals surface area contributed by atoms with Crippen LogP contribution in [0, 0.1) is 23.2 Å². The lowest BCUT2D eigenvalue weighted by molar-refractivity contribution is -0.143. The highest BCUT2D eigenvalue weighted by Gasteiger charge is 2.56. The number of amides is 1. The van der Waals surface area contributed by atoms with Crippen molar-refractivity contribution in [3.05, 3.63) is 24.3 Å². The second kappa shape index (κ2) is 6.53. The highest BCUT2D eigenvalue weighted by molar-refractivity contribution is 7.22. The van der Waals surface area contributed by atoms with Gasteiger partial charge in [-0.2, -0.15) is 0 Å². The first-order valence-corrected chi connectivity index (χ1v) is 11.8. The van der Waals surface area contributed by atoms with Crippen molar-refractivity contribution in [2.45, 2.75) is 57.5 Å². The quantitative estimate of drug-likeness (QED) is 0.728. The van der Waals surface area contributed by atoms with Gasteiger partial charge in [0, 0.05) is 6.61 Å². The fourth-order valence-electron chi connectivity index (χ4n) is 6.87. The average Bonchev–Trinajstić information content (AvgIpc) is 3.34. The molecular formula is C23H28N2O2S. The Balaban J connectivity index is 1.37. The summed E-state index contributed by atoms with van der Waals surface area (Å²) in [5.41, 5.74) is 0.865. The standard InChI is InChI=1S/C23H28N2O2S/c26-21(23-11-15-8-16(12-23)10-17(9-15)13-23)25(14-18-4-3-7-27-18)22-24-19-5-1-2-6-20(19)28-22/h1-2,5-6,15-18H,3-4,7-14H2. The van der Waals surface area contributed by atoms with Gasteiger partial charge in [0.2, 0.25) is 5.91 Å².